The largest absolute Gasteiger partial charge is 0.381 e. The third kappa shape index (κ3) is 3.80. The number of hydrogen-bond donors (Lipinski definition) is 1. The average molecular weight is 235 g/mol. The molecule has 0 spiro atoms. The monoisotopic (exact) mass is 235 g/mol. The van der Waals surface area contributed by atoms with Gasteiger partial charge in [0.1, 0.15) is 0 Å². The first-order valence-corrected chi connectivity index (χ1v) is 6.23. The van der Waals surface area contributed by atoms with Crippen LogP contribution < -0.4 is 5.73 Å². The predicted octanol–water partition coefficient (Wildman–Crippen LogP) is 2.05. The summed E-state index contributed by atoms with van der Waals surface area (Å²) in [5.74, 6) is 0.555. The van der Waals surface area contributed by atoms with Gasteiger partial charge in [-0.25, -0.2) is 0 Å². The number of rotatable bonds is 5. The Labute approximate surface area is 103 Å². The number of ether oxygens (including phenoxy) is 2. The van der Waals surface area contributed by atoms with E-state index in [0.717, 1.165) is 31.8 Å². The Bertz CT molecular complexity index is 348. The van der Waals surface area contributed by atoms with E-state index in [1.165, 1.54) is 5.56 Å². The molecule has 2 rings (SSSR count). The van der Waals surface area contributed by atoms with Crippen molar-refractivity contribution < 1.29 is 9.47 Å². The molecule has 3 nitrogen and oxygen atoms in total. The average Bonchev–Trinajstić information content (AvgIpc) is 2.82. The zero-order valence-electron chi connectivity index (χ0n) is 10.4. The quantitative estimate of drug-likeness (QED) is 0.849. The Morgan fingerprint density at radius 3 is 3.12 bits per heavy atom. The first-order valence-electron chi connectivity index (χ1n) is 6.23. The lowest BCUT2D eigenvalue weighted by molar-refractivity contribution is 0.0808. The van der Waals surface area contributed by atoms with Crippen molar-refractivity contribution in [3.05, 3.63) is 35.4 Å². The van der Waals surface area contributed by atoms with Gasteiger partial charge in [-0.3, -0.25) is 0 Å². The van der Waals surface area contributed by atoms with Crippen LogP contribution >= 0.6 is 0 Å². The highest BCUT2D eigenvalue weighted by Crippen LogP contribution is 2.15. The smallest absolute Gasteiger partial charge is 0.0659 e. The molecule has 3 heteroatoms. The molecule has 0 aliphatic carbocycles. The lowest BCUT2D eigenvalue weighted by Gasteiger charge is -2.15. The fraction of sp³-hybridized carbons (Fsp3) is 0.571. The number of benzene rings is 1. The standard InChI is InChI=1S/C14H21NO2/c1-11-3-2-4-13(7-11)14(15)10-17-9-12-5-6-16-8-12/h2-4,7,12,14H,5-6,8-10,15H2,1H3. The summed E-state index contributed by atoms with van der Waals surface area (Å²) < 4.78 is 11.0. The molecule has 1 aliphatic heterocycles. The van der Waals surface area contributed by atoms with Gasteiger partial charge in [0.05, 0.1) is 25.9 Å². The number of aryl methyl sites for hydroxylation is 1. The molecule has 0 radical (unpaired) electrons. The van der Waals surface area contributed by atoms with Gasteiger partial charge in [-0.05, 0) is 18.9 Å². The van der Waals surface area contributed by atoms with Crippen LogP contribution in [0.15, 0.2) is 24.3 Å². The van der Waals surface area contributed by atoms with Crippen LogP contribution in [0.25, 0.3) is 0 Å². The molecule has 0 aromatic heterocycles. The second-order valence-electron chi connectivity index (χ2n) is 4.79. The first-order chi connectivity index (χ1) is 8.25. The van der Waals surface area contributed by atoms with Gasteiger partial charge in [-0.15, -0.1) is 0 Å². The van der Waals surface area contributed by atoms with E-state index in [1.54, 1.807) is 0 Å². The van der Waals surface area contributed by atoms with E-state index >= 15 is 0 Å². The van der Waals surface area contributed by atoms with Crippen molar-refractivity contribution in [1.82, 2.24) is 0 Å². The summed E-state index contributed by atoms with van der Waals surface area (Å²) in [4.78, 5) is 0. The minimum absolute atomic E-state index is 0.0304. The molecule has 1 fully saturated rings. The molecule has 2 unspecified atom stereocenters. The Morgan fingerprint density at radius 2 is 2.41 bits per heavy atom. The lowest BCUT2D eigenvalue weighted by Crippen LogP contribution is -2.20. The van der Waals surface area contributed by atoms with Crippen molar-refractivity contribution in [3.63, 3.8) is 0 Å². The molecular weight excluding hydrogens is 214 g/mol. The Kier molecular flexibility index (Phi) is 4.54. The Hall–Kier alpha value is -0.900. The highest BCUT2D eigenvalue weighted by Gasteiger charge is 2.16. The van der Waals surface area contributed by atoms with Crippen LogP contribution in [0.3, 0.4) is 0 Å². The van der Waals surface area contributed by atoms with E-state index in [9.17, 15) is 0 Å². The predicted molar refractivity (Wildman–Crippen MR) is 67.9 cm³/mol. The maximum absolute atomic E-state index is 6.09. The molecule has 1 aliphatic rings. The summed E-state index contributed by atoms with van der Waals surface area (Å²) in [5, 5.41) is 0. The fourth-order valence-corrected chi connectivity index (χ4v) is 2.07. The highest BCUT2D eigenvalue weighted by molar-refractivity contribution is 5.24. The van der Waals surface area contributed by atoms with Crippen molar-refractivity contribution in [2.45, 2.75) is 19.4 Å². The summed E-state index contributed by atoms with van der Waals surface area (Å²) in [5.41, 5.74) is 8.48. The molecule has 0 saturated carbocycles. The van der Waals surface area contributed by atoms with Crippen molar-refractivity contribution in [2.24, 2.45) is 11.7 Å². The van der Waals surface area contributed by atoms with Crippen LogP contribution in [0.2, 0.25) is 0 Å². The maximum Gasteiger partial charge on any atom is 0.0659 e. The van der Waals surface area contributed by atoms with E-state index in [-0.39, 0.29) is 6.04 Å². The van der Waals surface area contributed by atoms with Crippen LogP contribution in [0.1, 0.15) is 23.6 Å². The zero-order chi connectivity index (χ0) is 12.1. The third-order valence-corrected chi connectivity index (χ3v) is 3.15. The van der Waals surface area contributed by atoms with Crippen molar-refractivity contribution in [1.29, 1.82) is 0 Å². The van der Waals surface area contributed by atoms with E-state index in [0.29, 0.717) is 12.5 Å². The minimum atomic E-state index is -0.0304. The van der Waals surface area contributed by atoms with E-state index < -0.39 is 0 Å². The van der Waals surface area contributed by atoms with Gasteiger partial charge >= 0.3 is 0 Å². The second-order valence-corrected chi connectivity index (χ2v) is 4.79. The SMILES string of the molecule is Cc1cccc(C(N)COCC2CCOC2)c1. The van der Waals surface area contributed by atoms with Crippen molar-refractivity contribution in [2.75, 3.05) is 26.4 Å². The first kappa shape index (κ1) is 12.6. The van der Waals surface area contributed by atoms with E-state index in [1.807, 2.05) is 6.07 Å². The molecule has 94 valence electrons. The minimum Gasteiger partial charge on any atom is -0.381 e. The normalized spacial score (nSPS) is 21.6. The summed E-state index contributed by atoms with van der Waals surface area (Å²) in [6.07, 6.45) is 1.11. The van der Waals surface area contributed by atoms with Gasteiger partial charge in [-0.1, -0.05) is 29.8 Å². The lowest BCUT2D eigenvalue weighted by atomic mass is 10.1. The molecule has 2 N–H and O–H groups in total. The number of nitrogens with two attached hydrogens (primary N) is 1. The molecular formula is C14H21NO2. The molecule has 1 aromatic rings. The Balaban J connectivity index is 1.74. The highest BCUT2D eigenvalue weighted by atomic mass is 16.5. The summed E-state index contributed by atoms with van der Waals surface area (Å²) in [6, 6.07) is 8.26. The topological polar surface area (TPSA) is 44.5 Å². The molecule has 1 saturated heterocycles. The van der Waals surface area contributed by atoms with Crippen molar-refractivity contribution in [3.8, 4) is 0 Å². The summed E-state index contributed by atoms with van der Waals surface area (Å²) in [7, 11) is 0. The van der Waals surface area contributed by atoms with Crippen LogP contribution in [0.4, 0.5) is 0 Å². The van der Waals surface area contributed by atoms with Gasteiger partial charge in [0.25, 0.3) is 0 Å². The molecule has 1 heterocycles. The maximum atomic E-state index is 6.09. The summed E-state index contributed by atoms with van der Waals surface area (Å²) >= 11 is 0. The van der Waals surface area contributed by atoms with Gasteiger partial charge in [0.2, 0.25) is 0 Å². The fourth-order valence-electron chi connectivity index (χ4n) is 2.07. The van der Waals surface area contributed by atoms with E-state index in [4.69, 9.17) is 15.2 Å². The van der Waals surface area contributed by atoms with Gasteiger partial charge in [0.15, 0.2) is 0 Å². The molecule has 1 aromatic carbocycles. The Morgan fingerprint density at radius 1 is 1.53 bits per heavy atom. The zero-order valence-corrected chi connectivity index (χ0v) is 10.4. The molecule has 17 heavy (non-hydrogen) atoms. The van der Waals surface area contributed by atoms with Crippen LogP contribution in [-0.4, -0.2) is 26.4 Å². The van der Waals surface area contributed by atoms with Crippen LogP contribution in [-0.2, 0) is 9.47 Å². The van der Waals surface area contributed by atoms with Crippen molar-refractivity contribution >= 4 is 0 Å². The molecule has 2 atom stereocenters. The van der Waals surface area contributed by atoms with E-state index in [2.05, 4.69) is 25.1 Å². The van der Waals surface area contributed by atoms with Crippen LogP contribution in [0.5, 0.6) is 0 Å². The van der Waals surface area contributed by atoms with Gasteiger partial charge < -0.3 is 15.2 Å². The van der Waals surface area contributed by atoms with Crippen LogP contribution in [0, 0.1) is 12.8 Å². The second kappa shape index (κ2) is 6.15. The van der Waals surface area contributed by atoms with Gasteiger partial charge in [-0.2, -0.15) is 0 Å². The molecule has 0 bridgehead atoms. The van der Waals surface area contributed by atoms with Gasteiger partial charge in [0, 0.05) is 12.5 Å². The molecule has 0 amide bonds. The number of hydrogen-bond acceptors (Lipinski definition) is 3. The summed E-state index contributed by atoms with van der Waals surface area (Å²) in [6.45, 7) is 5.13. The third-order valence-electron chi connectivity index (χ3n) is 3.15.